The van der Waals surface area contributed by atoms with Crippen LogP contribution in [-0.2, 0) is 0 Å². The van der Waals surface area contributed by atoms with Gasteiger partial charge in [-0.1, -0.05) is 10.3 Å². The third kappa shape index (κ3) is 1.04. The highest BCUT2D eigenvalue weighted by Gasteiger charge is 2.22. The lowest BCUT2D eigenvalue weighted by Gasteiger charge is -1.96. The normalized spacial score (nSPS) is 15.9. The summed E-state index contributed by atoms with van der Waals surface area (Å²) in [5.74, 6) is 0.0856. The van der Waals surface area contributed by atoms with Gasteiger partial charge in [0.2, 0.25) is 0 Å². The fourth-order valence-corrected chi connectivity index (χ4v) is 1.25. The molecule has 1 aromatic heterocycles. The Morgan fingerprint density at radius 1 is 1.67 bits per heavy atom. The molecule has 0 fully saturated rings. The van der Waals surface area contributed by atoms with Gasteiger partial charge in [-0.2, -0.15) is 0 Å². The molecular formula is C5H7N4O2P. The van der Waals surface area contributed by atoms with E-state index in [2.05, 4.69) is 25.0 Å². The summed E-state index contributed by atoms with van der Waals surface area (Å²) in [6, 6.07) is 0. The predicted molar refractivity (Wildman–Crippen MR) is 43.0 cm³/mol. The van der Waals surface area contributed by atoms with Crippen LogP contribution in [0.4, 0.5) is 0 Å². The van der Waals surface area contributed by atoms with Crippen molar-refractivity contribution in [3.8, 4) is 5.88 Å². The Labute approximate surface area is 70.5 Å². The molecule has 7 heteroatoms. The Bertz CT molecular complexity index is 323. The fraction of sp³-hybridized carbons (Fsp3) is 0.400. The molecule has 0 saturated carbocycles. The first-order valence-corrected chi connectivity index (χ1v) is 3.92. The van der Waals surface area contributed by atoms with Crippen molar-refractivity contribution in [2.45, 2.75) is 0 Å². The van der Waals surface area contributed by atoms with Gasteiger partial charge >= 0.3 is 0 Å². The third-order valence-corrected chi connectivity index (χ3v) is 1.87. The Hall–Kier alpha value is -1.16. The molecular weight excluding hydrogens is 179 g/mol. The van der Waals surface area contributed by atoms with Gasteiger partial charge in [0.25, 0.3) is 11.8 Å². The number of hydrogen-bond donors (Lipinski definition) is 1. The van der Waals surface area contributed by atoms with E-state index in [0.29, 0.717) is 24.7 Å². The van der Waals surface area contributed by atoms with Crippen LogP contribution in [0.1, 0.15) is 10.5 Å². The Morgan fingerprint density at radius 3 is 3.33 bits per heavy atom. The number of carbonyl (C=O) groups is 1. The van der Waals surface area contributed by atoms with E-state index in [-0.39, 0.29) is 5.91 Å². The average Bonchev–Trinajstić information content (AvgIpc) is 2.29. The van der Waals surface area contributed by atoms with Gasteiger partial charge < -0.3 is 10.1 Å². The number of nitrogens with zero attached hydrogens (tertiary/aromatic N) is 3. The van der Waals surface area contributed by atoms with Crippen LogP contribution in [0.5, 0.6) is 5.88 Å². The second-order valence-electron chi connectivity index (χ2n) is 2.29. The van der Waals surface area contributed by atoms with Gasteiger partial charge in [0.05, 0.1) is 6.54 Å². The summed E-state index contributed by atoms with van der Waals surface area (Å²) in [5.41, 5.74) is 0.345. The van der Waals surface area contributed by atoms with E-state index in [1.807, 2.05) is 0 Å². The molecule has 0 radical (unpaired) electrons. The molecule has 0 aliphatic carbocycles. The lowest BCUT2D eigenvalue weighted by atomic mass is 10.4. The zero-order valence-corrected chi connectivity index (χ0v) is 7.30. The second kappa shape index (κ2) is 2.71. The number of rotatable bonds is 0. The van der Waals surface area contributed by atoms with Crippen molar-refractivity contribution in [2.24, 2.45) is 0 Å². The summed E-state index contributed by atoms with van der Waals surface area (Å²) in [7, 11) is 2.26. The van der Waals surface area contributed by atoms with Crippen molar-refractivity contribution in [3.05, 3.63) is 5.69 Å². The number of aromatic nitrogens is 3. The van der Waals surface area contributed by atoms with Crippen molar-refractivity contribution in [1.82, 2.24) is 20.1 Å². The SMILES string of the molecule is O=C1NCCOc2nnn(P)c21. The molecule has 6 nitrogen and oxygen atoms in total. The van der Waals surface area contributed by atoms with Crippen LogP contribution < -0.4 is 10.1 Å². The molecule has 12 heavy (non-hydrogen) atoms. The minimum atomic E-state index is -0.206. The monoisotopic (exact) mass is 186 g/mol. The van der Waals surface area contributed by atoms with Crippen molar-refractivity contribution in [2.75, 3.05) is 13.2 Å². The molecule has 1 aliphatic heterocycles. The van der Waals surface area contributed by atoms with E-state index in [1.54, 1.807) is 0 Å². The summed E-state index contributed by atoms with van der Waals surface area (Å²) >= 11 is 0. The molecule has 0 aromatic carbocycles. The molecule has 0 bridgehead atoms. The maximum absolute atomic E-state index is 11.3. The average molecular weight is 186 g/mol. The first-order valence-electron chi connectivity index (χ1n) is 3.41. The minimum Gasteiger partial charge on any atom is -0.473 e. The van der Waals surface area contributed by atoms with E-state index in [4.69, 9.17) is 4.74 Å². The van der Waals surface area contributed by atoms with Gasteiger partial charge in [-0.05, 0) is 9.39 Å². The summed E-state index contributed by atoms with van der Waals surface area (Å²) in [6.07, 6.45) is 0. The van der Waals surface area contributed by atoms with E-state index in [9.17, 15) is 4.79 Å². The number of hydrogen-bond acceptors (Lipinski definition) is 4. The standard InChI is InChI=1S/C5H7N4O2P/c10-4-3-5(7-8-9(3)12)11-2-1-6-4/h1-2,12H2,(H,6,10). The summed E-state index contributed by atoms with van der Waals surface area (Å²) in [6.45, 7) is 0.932. The van der Waals surface area contributed by atoms with E-state index < -0.39 is 0 Å². The zero-order valence-electron chi connectivity index (χ0n) is 6.15. The number of fused-ring (bicyclic) bond motifs is 1. The van der Waals surface area contributed by atoms with Gasteiger partial charge in [0.1, 0.15) is 6.61 Å². The first-order chi connectivity index (χ1) is 5.79. The van der Waals surface area contributed by atoms with Gasteiger partial charge in [0, 0.05) is 0 Å². The molecule has 1 aliphatic rings. The maximum atomic E-state index is 11.3. The molecule has 1 amide bonds. The summed E-state index contributed by atoms with van der Waals surface area (Å²) in [4.78, 5) is 11.3. The predicted octanol–water partition coefficient (Wildman–Crippen LogP) is -0.962. The largest absolute Gasteiger partial charge is 0.473 e. The molecule has 1 N–H and O–H groups in total. The zero-order chi connectivity index (χ0) is 8.55. The van der Waals surface area contributed by atoms with Crippen LogP contribution in [0.2, 0.25) is 0 Å². The van der Waals surface area contributed by atoms with Crippen LogP contribution in [-0.4, -0.2) is 33.8 Å². The van der Waals surface area contributed by atoms with Gasteiger partial charge in [0.15, 0.2) is 5.69 Å². The van der Waals surface area contributed by atoms with Crippen LogP contribution in [0.15, 0.2) is 0 Å². The molecule has 1 unspecified atom stereocenters. The molecule has 0 saturated heterocycles. The summed E-state index contributed by atoms with van der Waals surface area (Å²) in [5, 5.41) is 9.96. The van der Waals surface area contributed by atoms with Crippen molar-refractivity contribution in [3.63, 3.8) is 0 Å². The highest BCUT2D eigenvalue weighted by Crippen LogP contribution is 2.17. The van der Waals surface area contributed by atoms with Crippen molar-refractivity contribution >= 4 is 15.3 Å². The van der Waals surface area contributed by atoms with Crippen LogP contribution in [0, 0.1) is 0 Å². The Balaban J connectivity index is 2.49. The van der Waals surface area contributed by atoms with Gasteiger partial charge in [-0.25, -0.2) is 4.45 Å². The third-order valence-electron chi connectivity index (χ3n) is 1.51. The van der Waals surface area contributed by atoms with E-state index in [0.717, 1.165) is 0 Å². The smallest absolute Gasteiger partial charge is 0.275 e. The molecule has 2 rings (SSSR count). The summed E-state index contributed by atoms with van der Waals surface area (Å²) < 4.78 is 6.46. The minimum absolute atomic E-state index is 0.206. The number of ether oxygens (including phenoxy) is 1. The van der Waals surface area contributed by atoms with Crippen LogP contribution in [0.3, 0.4) is 0 Å². The number of amides is 1. The van der Waals surface area contributed by atoms with E-state index >= 15 is 0 Å². The lowest BCUT2D eigenvalue weighted by Crippen LogP contribution is -2.25. The first kappa shape index (κ1) is 7.49. The van der Waals surface area contributed by atoms with Crippen molar-refractivity contribution in [1.29, 1.82) is 0 Å². The maximum Gasteiger partial charge on any atom is 0.275 e. The Morgan fingerprint density at radius 2 is 2.50 bits per heavy atom. The highest BCUT2D eigenvalue weighted by molar-refractivity contribution is 7.14. The lowest BCUT2D eigenvalue weighted by molar-refractivity contribution is 0.0951. The van der Waals surface area contributed by atoms with Crippen LogP contribution in [0.25, 0.3) is 0 Å². The molecule has 1 aromatic rings. The van der Waals surface area contributed by atoms with Gasteiger partial charge in [-0.3, -0.25) is 4.79 Å². The second-order valence-corrected chi connectivity index (χ2v) is 2.78. The van der Waals surface area contributed by atoms with Crippen LogP contribution >= 0.6 is 9.39 Å². The molecule has 0 spiro atoms. The highest BCUT2D eigenvalue weighted by atomic mass is 31.0. The Kier molecular flexibility index (Phi) is 1.69. The van der Waals surface area contributed by atoms with Crippen molar-refractivity contribution < 1.29 is 9.53 Å². The molecule has 2 heterocycles. The quantitative estimate of drug-likeness (QED) is 0.530. The number of nitrogens with one attached hydrogen (secondary N) is 1. The number of carbonyl (C=O) groups excluding carboxylic acids is 1. The van der Waals surface area contributed by atoms with Gasteiger partial charge in [-0.15, -0.1) is 0 Å². The van der Waals surface area contributed by atoms with E-state index in [1.165, 1.54) is 4.45 Å². The fourth-order valence-electron chi connectivity index (χ4n) is 0.973. The topological polar surface area (TPSA) is 69.0 Å². The molecule has 1 atom stereocenters. The molecule has 64 valence electrons.